The summed E-state index contributed by atoms with van der Waals surface area (Å²) in [6.45, 7) is 1.27. The monoisotopic (exact) mass is 262 g/mol. The molecule has 1 saturated heterocycles. The van der Waals surface area contributed by atoms with Crippen LogP contribution in [0.1, 0.15) is 6.42 Å². The Hall–Kier alpha value is -1.63. The van der Waals surface area contributed by atoms with Crippen molar-refractivity contribution in [1.82, 2.24) is 5.32 Å². The van der Waals surface area contributed by atoms with E-state index in [1.807, 2.05) is 5.32 Å². The third kappa shape index (κ3) is 2.45. The lowest BCUT2D eigenvalue weighted by molar-refractivity contribution is -0.117. The predicted molar refractivity (Wildman–Crippen MR) is 55.9 cm³/mol. The van der Waals surface area contributed by atoms with Crippen molar-refractivity contribution < 1.29 is 22.4 Å². The van der Waals surface area contributed by atoms with E-state index in [1.54, 1.807) is 0 Å². The fraction of sp³-hybridized carbons (Fsp3) is 0.364. The molecule has 0 aromatic heterocycles. The Morgan fingerprint density at radius 3 is 2.22 bits per heavy atom. The van der Waals surface area contributed by atoms with Gasteiger partial charge in [0.2, 0.25) is 5.91 Å². The minimum Gasteiger partial charge on any atom is -0.321 e. The van der Waals surface area contributed by atoms with Gasteiger partial charge in [-0.2, -0.15) is 0 Å². The van der Waals surface area contributed by atoms with E-state index in [0.717, 1.165) is 0 Å². The number of amides is 1. The molecule has 1 fully saturated rings. The van der Waals surface area contributed by atoms with Crippen molar-refractivity contribution in [2.75, 3.05) is 18.4 Å². The number of hydrogen-bond donors (Lipinski definition) is 2. The number of anilines is 1. The molecule has 1 aliphatic heterocycles. The van der Waals surface area contributed by atoms with E-state index >= 15 is 0 Å². The Bertz CT molecular complexity index is 462. The lowest BCUT2D eigenvalue weighted by Gasteiger charge is -2.26. The van der Waals surface area contributed by atoms with Crippen LogP contribution >= 0.6 is 0 Å². The highest BCUT2D eigenvalue weighted by Crippen LogP contribution is 2.24. The molecule has 3 nitrogen and oxygen atoms in total. The molecule has 1 heterocycles. The molecule has 2 rings (SSSR count). The number of halogens is 4. The maximum absolute atomic E-state index is 13.2. The van der Waals surface area contributed by atoms with Crippen molar-refractivity contribution in [3.8, 4) is 0 Å². The number of carbonyl (C=O) groups excluding carboxylic acids is 1. The van der Waals surface area contributed by atoms with Gasteiger partial charge in [-0.15, -0.1) is 0 Å². The van der Waals surface area contributed by atoms with E-state index in [0.29, 0.717) is 13.1 Å². The van der Waals surface area contributed by atoms with E-state index in [2.05, 4.69) is 5.32 Å². The zero-order valence-electron chi connectivity index (χ0n) is 9.20. The normalized spacial score (nSPS) is 15.3. The lowest BCUT2D eigenvalue weighted by Crippen LogP contribution is -2.43. The summed E-state index contributed by atoms with van der Waals surface area (Å²) >= 11 is 0. The zero-order chi connectivity index (χ0) is 13.3. The highest BCUT2D eigenvalue weighted by atomic mass is 19.2. The Kier molecular flexibility index (Phi) is 3.51. The first-order valence-corrected chi connectivity index (χ1v) is 5.32. The molecule has 1 aliphatic rings. The molecule has 1 aromatic rings. The van der Waals surface area contributed by atoms with E-state index < -0.39 is 34.9 Å². The van der Waals surface area contributed by atoms with E-state index in [-0.39, 0.29) is 18.4 Å². The van der Waals surface area contributed by atoms with Gasteiger partial charge in [0.1, 0.15) is 5.69 Å². The van der Waals surface area contributed by atoms with Crippen molar-refractivity contribution in [2.45, 2.75) is 6.42 Å². The predicted octanol–water partition coefficient (Wildman–Crippen LogP) is 1.79. The number of carbonyl (C=O) groups is 1. The van der Waals surface area contributed by atoms with Crippen LogP contribution < -0.4 is 10.6 Å². The molecule has 0 aliphatic carbocycles. The van der Waals surface area contributed by atoms with Crippen molar-refractivity contribution in [3.05, 3.63) is 29.3 Å². The van der Waals surface area contributed by atoms with Crippen LogP contribution in [0.5, 0.6) is 0 Å². The molecule has 0 unspecified atom stereocenters. The lowest BCUT2D eigenvalue weighted by atomic mass is 9.99. The second-order valence-corrected chi connectivity index (χ2v) is 4.12. The number of rotatable bonds is 3. The van der Waals surface area contributed by atoms with Gasteiger partial charge in [-0.05, 0) is 19.0 Å². The first kappa shape index (κ1) is 12.8. The molecular weight excluding hydrogens is 252 g/mol. The first-order chi connectivity index (χ1) is 8.49. The Morgan fingerprint density at radius 2 is 1.78 bits per heavy atom. The molecular formula is C11H10F4N2O. The van der Waals surface area contributed by atoms with Crippen LogP contribution in [0.25, 0.3) is 0 Å². The molecule has 0 saturated carbocycles. The van der Waals surface area contributed by atoms with Gasteiger partial charge in [0.15, 0.2) is 23.3 Å². The third-order valence-corrected chi connectivity index (χ3v) is 2.72. The minimum atomic E-state index is -1.60. The van der Waals surface area contributed by atoms with Crippen LogP contribution in [0.4, 0.5) is 23.2 Å². The van der Waals surface area contributed by atoms with Crippen molar-refractivity contribution in [1.29, 1.82) is 0 Å². The maximum atomic E-state index is 13.2. The van der Waals surface area contributed by atoms with Gasteiger partial charge in [0.05, 0.1) is 0 Å². The summed E-state index contributed by atoms with van der Waals surface area (Å²) in [5, 5.41) is 4.79. The fourth-order valence-corrected chi connectivity index (χ4v) is 1.63. The van der Waals surface area contributed by atoms with E-state index in [1.165, 1.54) is 0 Å². The van der Waals surface area contributed by atoms with Gasteiger partial charge < -0.3 is 10.6 Å². The molecule has 2 N–H and O–H groups in total. The Balaban J connectivity index is 2.14. The average molecular weight is 262 g/mol. The summed E-state index contributed by atoms with van der Waals surface area (Å²) < 4.78 is 52.2. The highest BCUT2D eigenvalue weighted by molar-refractivity contribution is 5.91. The van der Waals surface area contributed by atoms with Gasteiger partial charge in [0, 0.05) is 12.5 Å². The molecule has 18 heavy (non-hydrogen) atoms. The molecule has 0 spiro atoms. The number of benzene rings is 1. The SMILES string of the molecule is O=C(CC1CNC1)Nc1c(F)c(F)cc(F)c1F. The van der Waals surface area contributed by atoms with Crippen molar-refractivity contribution in [3.63, 3.8) is 0 Å². The summed E-state index contributed by atoms with van der Waals surface area (Å²) in [6, 6.07) is 0.0934. The standard InChI is InChI=1S/C11H10F4N2O/c12-6-2-7(13)10(15)11(9(6)14)17-8(18)1-5-3-16-4-5/h2,5,16H,1,3-4H2,(H,17,18). The summed E-state index contributed by atoms with van der Waals surface area (Å²) in [4.78, 5) is 11.4. The summed E-state index contributed by atoms with van der Waals surface area (Å²) in [7, 11) is 0. The Labute approximate surface area is 100 Å². The molecule has 7 heteroatoms. The van der Waals surface area contributed by atoms with Crippen LogP contribution in [-0.2, 0) is 4.79 Å². The zero-order valence-corrected chi connectivity index (χ0v) is 9.20. The van der Waals surface area contributed by atoms with E-state index in [4.69, 9.17) is 0 Å². The van der Waals surface area contributed by atoms with Crippen LogP contribution in [0.3, 0.4) is 0 Å². The molecule has 0 atom stereocenters. The van der Waals surface area contributed by atoms with Gasteiger partial charge in [0.25, 0.3) is 0 Å². The fourth-order valence-electron chi connectivity index (χ4n) is 1.63. The quantitative estimate of drug-likeness (QED) is 0.644. The third-order valence-electron chi connectivity index (χ3n) is 2.72. The largest absolute Gasteiger partial charge is 0.321 e. The molecule has 1 aromatic carbocycles. The minimum absolute atomic E-state index is 0.0456. The maximum Gasteiger partial charge on any atom is 0.224 e. The van der Waals surface area contributed by atoms with Gasteiger partial charge in [-0.3, -0.25) is 4.79 Å². The molecule has 98 valence electrons. The second kappa shape index (κ2) is 4.93. The van der Waals surface area contributed by atoms with Crippen LogP contribution in [-0.4, -0.2) is 19.0 Å². The van der Waals surface area contributed by atoms with Gasteiger partial charge >= 0.3 is 0 Å². The summed E-state index contributed by atoms with van der Waals surface area (Å²) in [5.41, 5.74) is -1.08. The molecule has 1 amide bonds. The van der Waals surface area contributed by atoms with Gasteiger partial charge in [-0.1, -0.05) is 0 Å². The van der Waals surface area contributed by atoms with Crippen molar-refractivity contribution >= 4 is 11.6 Å². The van der Waals surface area contributed by atoms with E-state index in [9.17, 15) is 22.4 Å². The topological polar surface area (TPSA) is 41.1 Å². The van der Waals surface area contributed by atoms with Crippen LogP contribution in [0, 0.1) is 29.2 Å². The van der Waals surface area contributed by atoms with Crippen molar-refractivity contribution in [2.24, 2.45) is 5.92 Å². The highest BCUT2D eigenvalue weighted by Gasteiger charge is 2.24. The van der Waals surface area contributed by atoms with Crippen LogP contribution in [0.15, 0.2) is 6.07 Å². The number of hydrogen-bond acceptors (Lipinski definition) is 2. The van der Waals surface area contributed by atoms with Crippen LogP contribution in [0.2, 0.25) is 0 Å². The van der Waals surface area contributed by atoms with Gasteiger partial charge in [-0.25, -0.2) is 17.6 Å². The summed E-state index contributed by atoms with van der Waals surface area (Å²) in [6.07, 6.45) is 0.0456. The first-order valence-electron chi connectivity index (χ1n) is 5.32. The second-order valence-electron chi connectivity index (χ2n) is 4.12. The number of nitrogens with one attached hydrogen (secondary N) is 2. The average Bonchev–Trinajstić information content (AvgIpc) is 2.27. The smallest absolute Gasteiger partial charge is 0.224 e. The molecule has 0 radical (unpaired) electrons. The summed E-state index contributed by atoms with van der Waals surface area (Å²) in [5.74, 6) is -6.90. The molecule has 0 bridgehead atoms. The Morgan fingerprint density at radius 1 is 1.22 bits per heavy atom.